The Labute approximate surface area is 73.3 Å². The largest absolute Gasteiger partial charge is 0.465 e. The highest BCUT2D eigenvalue weighted by Gasteiger charge is 1.85. The first kappa shape index (κ1) is 9.07. The fraction of sp³-hybridized carbons (Fsp3) is 0.400. The number of nitrogens with one attached hydrogen (secondary N) is 1. The molecule has 0 fully saturated rings. The second-order valence-corrected chi connectivity index (χ2v) is 2.56. The highest BCUT2D eigenvalue weighted by atomic mass is 16.3. The van der Waals surface area contributed by atoms with E-state index in [2.05, 4.69) is 18.3 Å². The lowest BCUT2D eigenvalue weighted by molar-refractivity contribution is 0.556. The van der Waals surface area contributed by atoms with Crippen molar-refractivity contribution in [3.8, 4) is 0 Å². The number of rotatable bonds is 5. The first-order chi connectivity index (χ1) is 5.93. The predicted molar refractivity (Wildman–Crippen MR) is 50.9 cm³/mol. The summed E-state index contributed by atoms with van der Waals surface area (Å²) in [5.74, 6) is 0.923. The summed E-state index contributed by atoms with van der Waals surface area (Å²) in [5, 5.41) is 3.25. The lowest BCUT2D eigenvalue weighted by Crippen LogP contribution is -2.12. The van der Waals surface area contributed by atoms with E-state index < -0.39 is 0 Å². The maximum absolute atomic E-state index is 5.13. The summed E-state index contributed by atoms with van der Waals surface area (Å²) in [6.07, 6.45) is 6.84. The van der Waals surface area contributed by atoms with E-state index >= 15 is 0 Å². The van der Waals surface area contributed by atoms with Crippen molar-refractivity contribution in [1.82, 2.24) is 5.32 Å². The molecule has 1 aromatic rings. The van der Waals surface area contributed by atoms with E-state index in [1.165, 1.54) is 0 Å². The Hall–Kier alpha value is -1.02. The van der Waals surface area contributed by atoms with E-state index in [1.54, 1.807) is 6.26 Å². The van der Waals surface area contributed by atoms with Crippen LogP contribution < -0.4 is 5.32 Å². The maximum atomic E-state index is 5.13. The first-order valence-corrected chi connectivity index (χ1v) is 4.34. The van der Waals surface area contributed by atoms with Gasteiger partial charge in [0.2, 0.25) is 0 Å². The highest BCUT2D eigenvalue weighted by molar-refractivity contribution is 5.41. The zero-order chi connectivity index (χ0) is 8.65. The lowest BCUT2D eigenvalue weighted by atomic mass is 10.3. The average Bonchev–Trinajstić information content (AvgIpc) is 2.57. The SMILES string of the molecule is CCNCCC=Cc1ccco1. The minimum Gasteiger partial charge on any atom is -0.465 e. The Morgan fingerprint density at radius 2 is 2.50 bits per heavy atom. The molecule has 2 heteroatoms. The summed E-state index contributed by atoms with van der Waals surface area (Å²) >= 11 is 0. The van der Waals surface area contributed by atoms with E-state index in [1.807, 2.05) is 18.2 Å². The summed E-state index contributed by atoms with van der Waals surface area (Å²) in [7, 11) is 0. The van der Waals surface area contributed by atoms with Crippen LogP contribution in [0.4, 0.5) is 0 Å². The molecule has 0 unspecified atom stereocenters. The molecule has 66 valence electrons. The average molecular weight is 165 g/mol. The molecule has 0 aliphatic heterocycles. The Morgan fingerprint density at radius 3 is 3.17 bits per heavy atom. The van der Waals surface area contributed by atoms with Gasteiger partial charge >= 0.3 is 0 Å². The Morgan fingerprint density at radius 1 is 1.58 bits per heavy atom. The predicted octanol–water partition coefficient (Wildman–Crippen LogP) is 2.29. The van der Waals surface area contributed by atoms with Gasteiger partial charge in [0.15, 0.2) is 0 Å². The van der Waals surface area contributed by atoms with Crippen LogP contribution in [0.15, 0.2) is 28.9 Å². The second-order valence-electron chi connectivity index (χ2n) is 2.56. The van der Waals surface area contributed by atoms with Crippen molar-refractivity contribution in [3.05, 3.63) is 30.2 Å². The van der Waals surface area contributed by atoms with Crippen LogP contribution in [0.2, 0.25) is 0 Å². The third-order valence-electron chi connectivity index (χ3n) is 1.56. The summed E-state index contributed by atoms with van der Waals surface area (Å²) in [6, 6.07) is 3.84. The third-order valence-corrected chi connectivity index (χ3v) is 1.56. The fourth-order valence-corrected chi connectivity index (χ4v) is 0.948. The van der Waals surface area contributed by atoms with Crippen molar-refractivity contribution in [2.75, 3.05) is 13.1 Å². The Bertz CT molecular complexity index is 214. The monoisotopic (exact) mass is 165 g/mol. The number of furan rings is 1. The van der Waals surface area contributed by atoms with E-state index in [-0.39, 0.29) is 0 Å². The zero-order valence-corrected chi connectivity index (χ0v) is 7.42. The highest BCUT2D eigenvalue weighted by Crippen LogP contribution is 2.02. The Kier molecular flexibility index (Phi) is 4.24. The molecular weight excluding hydrogens is 150 g/mol. The molecule has 0 spiro atoms. The molecular formula is C10H15NO. The quantitative estimate of drug-likeness (QED) is 0.677. The minimum atomic E-state index is 0.923. The molecule has 0 atom stereocenters. The van der Waals surface area contributed by atoms with Gasteiger partial charge in [0, 0.05) is 0 Å². The summed E-state index contributed by atoms with van der Waals surface area (Å²) in [6.45, 7) is 4.18. The van der Waals surface area contributed by atoms with Gasteiger partial charge in [-0.2, -0.15) is 0 Å². The van der Waals surface area contributed by atoms with Crippen LogP contribution in [-0.4, -0.2) is 13.1 Å². The van der Waals surface area contributed by atoms with E-state index in [0.717, 1.165) is 25.3 Å². The van der Waals surface area contributed by atoms with Gasteiger partial charge in [-0.1, -0.05) is 13.0 Å². The topological polar surface area (TPSA) is 25.2 Å². The molecule has 0 amide bonds. The van der Waals surface area contributed by atoms with Gasteiger partial charge in [-0.15, -0.1) is 0 Å². The standard InChI is InChI=1S/C10H15NO/c1-2-11-8-4-3-6-10-7-5-9-12-10/h3,5-7,9,11H,2,4,8H2,1H3. The van der Waals surface area contributed by atoms with Gasteiger partial charge in [-0.05, 0) is 37.7 Å². The molecule has 1 N–H and O–H groups in total. The van der Waals surface area contributed by atoms with Crippen molar-refractivity contribution in [3.63, 3.8) is 0 Å². The molecule has 0 radical (unpaired) electrons. The minimum absolute atomic E-state index is 0.923. The van der Waals surface area contributed by atoms with Gasteiger partial charge in [-0.25, -0.2) is 0 Å². The van der Waals surface area contributed by atoms with E-state index in [4.69, 9.17) is 4.42 Å². The Balaban J connectivity index is 2.14. The van der Waals surface area contributed by atoms with Gasteiger partial charge < -0.3 is 9.73 Å². The number of hydrogen-bond acceptors (Lipinski definition) is 2. The summed E-state index contributed by atoms with van der Waals surface area (Å²) < 4.78 is 5.13. The van der Waals surface area contributed by atoms with Crippen LogP contribution in [0, 0.1) is 0 Å². The molecule has 12 heavy (non-hydrogen) atoms. The van der Waals surface area contributed by atoms with E-state index in [0.29, 0.717) is 0 Å². The zero-order valence-electron chi connectivity index (χ0n) is 7.42. The van der Waals surface area contributed by atoms with Crippen molar-refractivity contribution in [2.24, 2.45) is 0 Å². The van der Waals surface area contributed by atoms with Gasteiger partial charge in [0.05, 0.1) is 6.26 Å². The van der Waals surface area contributed by atoms with E-state index in [9.17, 15) is 0 Å². The van der Waals surface area contributed by atoms with Crippen LogP contribution in [-0.2, 0) is 0 Å². The third kappa shape index (κ3) is 3.39. The first-order valence-electron chi connectivity index (χ1n) is 4.34. The van der Waals surface area contributed by atoms with Crippen molar-refractivity contribution < 1.29 is 4.42 Å². The number of hydrogen-bond donors (Lipinski definition) is 1. The summed E-state index contributed by atoms with van der Waals surface area (Å²) in [4.78, 5) is 0. The van der Waals surface area contributed by atoms with Gasteiger partial charge in [0.1, 0.15) is 5.76 Å². The van der Waals surface area contributed by atoms with Crippen LogP contribution in [0.25, 0.3) is 6.08 Å². The van der Waals surface area contributed by atoms with Crippen LogP contribution in [0.1, 0.15) is 19.1 Å². The van der Waals surface area contributed by atoms with Gasteiger partial charge in [0.25, 0.3) is 0 Å². The summed E-state index contributed by atoms with van der Waals surface area (Å²) in [5.41, 5.74) is 0. The molecule has 0 saturated heterocycles. The van der Waals surface area contributed by atoms with Crippen molar-refractivity contribution >= 4 is 6.08 Å². The van der Waals surface area contributed by atoms with Crippen LogP contribution in [0.3, 0.4) is 0 Å². The smallest absolute Gasteiger partial charge is 0.126 e. The molecule has 0 bridgehead atoms. The fourth-order valence-electron chi connectivity index (χ4n) is 0.948. The molecule has 2 nitrogen and oxygen atoms in total. The molecule has 1 rings (SSSR count). The second kappa shape index (κ2) is 5.61. The molecule has 1 aromatic heterocycles. The molecule has 0 aliphatic carbocycles. The molecule has 0 aromatic carbocycles. The molecule has 0 saturated carbocycles. The van der Waals surface area contributed by atoms with Crippen molar-refractivity contribution in [2.45, 2.75) is 13.3 Å². The van der Waals surface area contributed by atoms with Crippen LogP contribution >= 0.6 is 0 Å². The van der Waals surface area contributed by atoms with Crippen LogP contribution in [0.5, 0.6) is 0 Å². The lowest BCUT2D eigenvalue weighted by Gasteiger charge is -1.94. The van der Waals surface area contributed by atoms with Gasteiger partial charge in [-0.3, -0.25) is 0 Å². The van der Waals surface area contributed by atoms with Crippen molar-refractivity contribution in [1.29, 1.82) is 0 Å². The molecule has 1 heterocycles. The molecule has 0 aliphatic rings. The maximum Gasteiger partial charge on any atom is 0.126 e. The normalized spacial score (nSPS) is 11.1.